The number of benzene rings is 3. The highest BCUT2D eigenvalue weighted by Crippen LogP contribution is 2.37. The van der Waals surface area contributed by atoms with E-state index in [1.807, 2.05) is 36.6 Å². The van der Waals surface area contributed by atoms with E-state index in [1.54, 1.807) is 37.5 Å². The van der Waals surface area contributed by atoms with Gasteiger partial charge in [0.1, 0.15) is 17.2 Å². The van der Waals surface area contributed by atoms with E-state index in [4.69, 9.17) is 9.47 Å². The molecule has 1 aromatic heterocycles. The van der Waals surface area contributed by atoms with Crippen molar-refractivity contribution in [2.75, 3.05) is 19.2 Å². The van der Waals surface area contributed by atoms with Crippen molar-refractivity contribution in [1.29, 1.82) is 0 Å². The van der Waals surface area contributed by atoms with Crippen molar-refractivity contribution in [2.45, 2.75) is 6.92 Å². The van der Waals surface area contributed by atoms with E-state index in [0.29, 0.717) is 37.9 Å². The van der Waals surface area contributed by atoms with Gasteiger partial charge in [0.2, 0.25) is 5.13 Å². The van der Waals surface area contributed by atoms with Gasteiger partial charge in [0.25, 0.3) is 11.6 Å². The topological polar surface area (TPSA) is 107 Å². The number of methoxy groups -OCH3 is 2. The first-order chi connectivity index (χ1) is 18.8. The Hall–Kier alpha value is -4.35. The monoisotopic (exact) mass is 604 g/mol. The number of hydrogen-bond donors (Lipinski definition) is 0. The number of hydrogen-bond acceptors (Lipinski definition) is 8. The van der Waals surface area contributed by atoms with Gasteiger partial charge in [-0.25, -0.2) is 4.98 Å². The molecule has 0 N–H and O–H groups in total. The van der Waals surface area contributed by atoms with Crippen molar-refractivity contribution < 1.29 is 19.2 Å². The quantitative estimate of drug-likeness (QED) is 0.133. The van der Waals surface area contributed by atoms with Crippen molar-refractivity contribution in [3.63, 3.8) is 0 Å². The van der Waals surface area contributed by atoms with Crippen LogP contribution in [0.5, 0.6) is 11.5 Å². The first kappa shape index (κ1) is 26.3. The summed E-state index contributed by atoms with van der Waals surface area (Å²) in [6.07, 6.45) is 1.68. The van der Waals surface area contributed by atoms with Crippen LogP contribution in [0.2, 0.25) is 0 Å². The van der Waals surface area contributed by atoms with E-state index in [9.17, 15) is 14.9 Å². The molecule has 0 radical (unpaired) electrons. The summed E-state index contributed by atoms with van der Waals surface area (Å²) >= 11 is 4.79. The summed E-state index contributed by atoms with van der Waals surface area (Å²) in [6, 6.07) is 17.4. The minimum absolute atomic E-state index is 0.0607. The molecule has 9 nitrogen and oxygen atoms in total. The first-order valence-electron chi connectivity index (χ1n) is 11.6. The lowest BCUT2D eigenvalue weighted by atomic mass is 9.99. The first-order valence-corrected chi connectivity index (χ1v) is 13.3. The minimum Gasteiger partial charge on any atom is -0.496 e. The van der Waals surface area contributed by atoms with Crippen LogP contribution in [-0.4, -0.2) is 35.7 Å². The zero-order valence-corrected chi connectivity index (χ0v) is 23.4. The van der Waals surface area contributed by atoms with Crippen LogP contribution >= 0.6 is 27.3 Å². The molecular weight excluding hydrogens is 584 g/mol. The third-order valence-corrected chi connectivity index (χ3v) is 7.49. The molecule has 0 aliphatic carbocycles. The van der Waals surface area contributed by atoms with Gasteiger partial charge < -0.3 is 9.47 Å². The zero-order chi connectivity index (χ0) is 27.7. The van der Waals surface area contributed by atoms with Crippen molar-refractivity contribution in [1.82, 2.24) is 4.98 Å². The van der Waals surface area contributed by atoms with Crippen LogP contribution in [0.4, 0.5) is 10.8 Å². The molecule has 0 fully saturated rings. The summed E-state index contributed by atoms with van der Waals surface area (Å²) in [6.45, 7) is 2.01. The number of carbonyl (C=O) groups is 1. The highest BCUT2D eigenvalue weighted by atomic mass is 79.9. The van der Waals surface area contributed by atoms with Crippen LogP contribution in [0.25, 0.3) is 17.3 Å². The van der Waals surface area contributed by atoms with Gasteiger partial charge in [0.15, 0.2) is 0 Å². The van der Waals surface area contributed by atoms with Crippen molar-refractivity contribution in [2.24, 2.45) is 5.10 Å². The summed E-state index contributed by atoms with van der Waals surface area (Å²) in [5, 5.41) is 19.4. The number of carbonyl (C=O) groups excluding carboxylic acids is 1. The fourth-order valence-corrected chi connectivity index (χ4v) is 5.30. The predicted molar refractivity (Wildman–Crippen MR) is 155 cm³/mol. The molecule has 39 heavy (non-hydrogen) atoms. The van der Waals surface area contributed by atoms with Gasteiger partial charge in [-0.05, 0) is 47.1 Å². The van der Waals surface area contributed by atoms with E-state index < -0.39 is 4.92 Å². The Bertz CT molecular complexity index is 1650. The molecule has 2 heterocycles. The molecule has 1 amide bonds. The molecule has 11 heteroatoms. The maximum atomic E-state index is 13.8. The number of anilines is 1. The Kier molecular flexibility index (Phi) is 7.27. The number of halogens is 1. The standard InChI is InChI=1S/C28H21BrN4O5S/c1-16-4-6-17(7-5-16)23-15-39-28(30-23)32-27(34)21(12-19-13-22(29)25(38-3)14-24(19)37-2)26(31-32)18-8-10-20(11-9-18)33(35)36/h4-15H,1-3H3. The smallest absolute Gasteiger partial charge is 0.283 e. The van der Waals surface area contributed by atoms with Gasteiger partial charge in [0.05, 0.1) is 34.9 Å². The number of rotatable bonds is 7. The predicted octanol–water partition coefficient (Wildman–Crippen LogP) is 6.64. The highest BCUT2D eigenvalue weighted by molar-refractivity contribution is 9.10. The third kappa shape index (κ3) is 5.18. The van der Waals surface area contributed by atoms with E-state index in [2.05, 4.69) is 26.0 Å². The lowest BCUT2D eigenvalue weighted by Gasteiger charge is -2.11. The van der Waals surface area contributed by atoms with Gasteiger partial charge in [-0.15, -0.1) is 11.3 Å². The maximum Gasteiger partial charge on any atom is 0.283 e. The normalized spacial score (nSPS) is 14.1. The molecule has 1 aliphatic rings. The number of aromatic nitrogens is 1. The van der Waals surface area contributed by atoms with E-state index in [0.717, 1.165) is 16.8 Å². The fourth-order valence-electron chi connectivity index (χ4n) is 4.00. The van der Waals surface area contributed by atoms with Crippen LogP contribution < -0.4 is 14.5 Å². The highest BCUT2D eigenvalue weighted by Gasteiger charge is 2.34. The van der Waals surface area contributed by atoms with Crippen LogP contribution in [0.3, 0.4) is 0 Å². The number of amides is 1. The summed E-state index contributed by atoms with van der Waals surface area (Å²) < 4.78 is 11.6. The third-order valence-electron chi connectivity index (χ3n) is 6.05. The molecule has 0 unspecified atom stereocenters. The van der Waals surface area contributed by atoms with Crippen LogP contribution in [-0.2, 0) is 4.79 Å². The van der Waals surface area contributed by atoms with Gasteiger partial charge in [-0.1, -0.05) is 29.8 Å². The fraction of sp³-hybridized carbons (Fsp3) is 0.107. The average Bonchev–Trinajstić information content (AvgIpc) is 3.54. The minimum atomic E-state index is -0.476. The largest absolute Gasteiger partial charge is 0.496 e. The molecule has 0 saturated heterocycles. The molecule has 4 aromatic rings. The summed E-state index contributed by atoms with van der Waals surface area (Å²) in [7, 11) is 3.08. The Morgan fingerprint density at radius 3 is 2.31 bits per heavy atom. The summed E-state index contributed by atoms with van der Waals surface area (Å²) in [4.78, 5) is 29.2. The number of non-ortho nitro benzene ring substituents is 1. The lowest BCUT2D eigenvalue weighted by Crippen LogP contribution is -2.21. The summed E-state index contributed by atoms with van der Waals surface area (Å²) in [5.41, 5.74) is 4.54. The van der Waals surface area contributed by atoms with Gasteiger partial charge in [0, 0.05) is 40.3 Å². The number of ether oxygens (including phenoxy) is 2. The Morgan fingerprint density at radius 1 is 1.00 bits per heavy atom. The van der Waals surface area contributed by atoms with E-state index in [1.165, 1.54) is 35.6 Å². The molecule has 1 aliphatic heterocycles. The van der Waals surface area contributed by atoms with E-state index in [-0.39, 0.29) is 17.2 Å². The van der Waals surface area contributed by atoms with Crippen molar-refractivity contribution >= 4 is 55.8 Å². The average molecular weight is 605 g/mol. The second kappa shape index (κ2) is 10.8. The molecule has 3 aromatic carbocycles. The van der Waals surface area contributed by atoms with Gasteiger partial charge >= 0.3 is 0 Å². The van der Waals surface area contributed by atoms with Crippen LogP contribution in [0, 0.1) is 17.0 Å². The van der Waals surface area contributed by atoms with Gasteiger partial charge in [-0.3, -0.25) is 14.9 Å². The molecule has 0 spiro atoms. The molecule has 0 bridgehead atoms. The van der Waals surface area contributed by atoms with Crippen molar-refractivity contribution in [3.8, 4) is 22.8 Å². The number of nitro benzene ring substituents is 1. The number of aryl methyl sites for hydroxylation is 1. The number of nitro groups is 1. The Labute approximate surface area is 236 Å². The Morgan fingerprint density at radius 2 is 1.67 bits per heavy atom. The second-order valence-corrected chi connectivity index (χ2v) is 10.2. The van der Waals surface area contributed by atoms with E-state index >= 15 is 0 Å². The Balaban J connectivity index is 1.60. The number of thiazole rings is 1. The lowest BCUT2D eigenvalue weighted by molar-refractivity contribution is -0.384. The molecule has 0 atom stereocenters. The maximum absolute atomic E-state index is 13.8. The second-order valence-electron chi connectivity index (χ2n) is 8.54. The molecule has 196 valence electrons. The zero-order valence-electron chi connectivity index (χ0n) is 21.0. The summed E-state index contributed by atoms with van der Waals surface area (Å²) in [5.74, 6) is 0.680. The van der Waals surface area contributed by atoms with Crippen molar-refractivity contribution in [3.05, 3.63) is 103 Å². The number of nitrogens with zero attached hydrogens (tertiary/aromatic N) is 4. The van der Waals surface area contributed by atoms with Crippen LogP contribution in [0.1, 0.15) is 16.7 Å². The van der Waals surface area contributed by atoms with Crippen LogP contribution in [0.15, 0.2) is 81.2 Å². The molecule has 5 rings (SSSR count). The molecular formula is C28H21BrN4O5S. The number of hydrazone groups is 1. The SMILES string of the molecule is COc1cc(OC)c(C=C2C(=O)N(c3nc(-c4ccc(C)cc4)cs3)N=C2c2ccc([N+](=O)[O-])cc2)cc1Br. The molecule has 0 saturated carbocycles. The van der Waals surface area contributed by atoms with Gasteiger partial charge in [-0.2, -0.15) is 10.1 Å².